The minimum Gasteiger partial charge on any atom is -0.459 e. The molecule has 0 aliphatic carbocycles. The fraction of sp³-hybridized carbons (Fsp3) is 0.400. The minimum absolute atomic E-state index is 0.0447. The van der Waals surface area contributed by atoms with Crippen LogP contribution in [0.4, 0.5) is 0 Å². The van der Waals surface area contributed by atoms with E-state index in [1.165, 1.54) is 5.56 Å². The molecule has 5 heteroatoms. The van der Waals surface area contributed by atoms with Crippen LogP contribution in [0.1, 0.15) is 72.9 Å². The highest BCUT2D eigenvalue weighted by atomic mass is 16.5. The standard InChI is InChI=1S/C25H29NO4/c1-16(2)14-21(26-22(27)19-8-6-7-9-20(19)23(26)28)24(29)30-15-17-10-12-18(13-11-17)25(3,4)5/h6-13,16,21H,14-15H2,1-5H3. The Morgan fingerprint density at radius 3 is 1.93 bits per heavy atom. The summed E-state index contributed by atoms with van der Waals surface area (Å²) in [5, 5.41) is 0. The Bertz CT molecular complexity index is 919. The van der Waals surface area contributed by atoms with E-state index in [1.54, 1.807) is 24.3 Å². The zero-order chi connectivity index (χ0) is 22.1. The summed E-state index contributed by atoms with van der Waals surface area (Å²) in [6.07, 6.45) is 0.354. The molecule has 30 heavy (non-hydrogen) atoms. The molecule has 2 aromatic carbocycles. The van der Waals surface area contributed by atoms with Crippen LogP contribution in [0, 0.1) is 5.92 Å². The van der Waals surface area contributed by atoms with Crippen molar-refractivity contribution in [2.45, 2.75) is 59.1 Å². The molecule has 0 radical (unpaired) electrons. The molecule has 0 saturated carbocycles. The van der Waals surface area contributed by atoms with Crippen LogP contribution < -0.4 is 0 Å². The van der Waals surface area contributed by atoms with Crippen molar-refractivity contribution < 1.29 is 19.1 Å². The van der Waals surface area contributed by atoms with Gasteiger partial charge < -0.3 is 4.74 Å². The molecule has 1 aliphatic rings. The van der Waals surface area contributed by atoms with Crippen LogP contribution in [0.5, 0.6) is 0 Å². The van der Waals surface area contributed by atoms with Gasteiger partial charge in [-0.15, -0.1) is 0 Å². The van der Waals surface area contributed by atoms with Gasteiger partial charge >= 0.3 is 5.97 Å². The molecule has 0 saturated heterocycles. The molecule has 0 aromatic heterocycles. The fourth-order valence-corrected chi connectivity index (χ4v) is 3.60. The van der Waals surface area contributed by atoms with Crippen molar-refractivity contribution in [1.82, 2.24) is 4.90 Å². The molecule has 2 amide bonds. The zero-order valence-corrected chi connectivity index (χ0v) is 18.3. The summed E-state index contributed by atoms with van der Waals surface area (Å²) in [6.45, 7) is 10.4. The first-order chi connectivity index (χ1) is 14.1. The molecule has 1 atom stereocenters. The Hall–Kier alpha value is -2.95. The molecule has 0 N–H and O–H groups in total. The van der Waals surface area contributed by atoms with Gasteiger partial charge in [0.15, 0.2) is 0 Å². The summed E-state index contributed by atoms with van der Waals surface area (Å²) in [7, 11) is 0. The SMILES string of the molecule is CC(C)CC(C(=O)OCc1ccc(C(C)(C)C)cc1)N1C(=O)c2ccccc2C1=O. The van der Waals surface area contributed by atoms with E-state index >= 15 is 0 Å². The number of carbonyl (C=O) groups is 3. The van der Waals surface area contributed by atoms with Gasteiger partial charge in [0.25, 0.3) is 11.8 Å². The lowest BCUT2D eigenvalue weighted by atomic mass is 9.87. The number of carbonyl (C=O) groups excluding carboxylic acids is 3. The minimum atomic E-state index is -0.939. The van der Waals surface area contributed by atoms with Crippen molar-refractivity contribution in [3.8, 4) is 0 Å². The van der Waals surface area contributed by atoms with E-state index in [9.17, 15) is 14.4 Å². The summed E-state index contributed by atoms with van der Waals surface area (Å²) < 4.78 is 5.54. The molecule has 0 fully saturated rings. The van der Waals surface area contributed by atoms with Crippen LogP contribution in [0.25, 0.3) is 0 Å². The first-order valence-electron chi connectivity index (χ1n) is 10.3. The van der Waals surface area contributed by atoms with Gasteiger partial charge in [-0.25, -0.2) is 4.79 Å². The van der Waals surface area contributed by atoms with Gasteiger partial charge in [0, 0.05) is 0 Å². The van der Waals surface area contributed by atoms with Crippen molar-refractivity contribution in [3.63, 3.8) is 0 Å². The lowest BCUT2D eigenvalue weighted by Crippen LogP contribution is -2.46. The highest BCUT2D eigenvalue weighted by molar-refractivity contribution is 6.22. The second-order valence-corrected chi connectivity index (χ2v) is 9.23. The van der Waals surface area contributed by atoms with Crippen molar-refractivity contribution in [2.75, 3.05) is 0 Å². The summed E-state index contributed by atoms with van der Waals surface area (Å²) in [4.78, 5) is 39.7. The number of nitrogens with zero attached hydrogens (tertiary/aromatic N) is 1. The van der Waals surface area contributed by atoms with Crippen LogP contribution in [-0.2, 0) is 21.6 Å². The molecular formula is C25H29NO4. The first-order valence-corrected chi connectivity index (χ1v) is 10.3. The zero-order valence-electron chi connectivity index (χ0n) is 18.3. The van der Waals surface area contributed by atoms with E-state index in [-0.39, 0.29) is 17.9 Å². The number of hydrogen-bond acceptors (Lipinski definition) is 4. The number of imide groups is 1. The Morgan fingerprint density at radius 1 is 0.933 bits per heavy atom. The van der Waals surface area contributed by atoms with E-state index in [2.05, 4.69) is 20.8 Å². The molecule has 1 heterocycles. The predicted molar refractivity (Wildman–Crippen MR) is 115 cm³/mol. The molecular weight excluding hydrogens is 378 g/mol. The maximum absolute atomic E-state index is 12.9. The van der Waals surface area contributed by atoms with Gasteiger partial charge in [-0.05, 0) is 41.0 Å². The molecule has 0 bridgehead atoms. The molecule has 1 aliphatic heterocycles. The molecule has 1 unspecified atom stereocenters. The Balaban J connectivity index is 1.75. The lowest BCUT2D eigenvalue weighted by Gasteiger charge is -2.26. The summed E-state index contributed by atoms with van der Waals surface area (Å²) >= 11 is 0. The first kappa shape index (κ1) is 21.8. The largest absolute Gasteiger partial charge is 0.459 e. The summed E-state index contributed by atoms with van der Waals surface area (Å²) in [5.41, 5.74) is 2.77. The van der Waals surface area contributed by atoms with Crippen molar-refractivity contribution in [2.24, 2.45) is 5.92 Å². The predicted octanol–water partition coefficient (Wildman–Crippen LogP) is 4.74. The number of fused-ring (bicyclic) bond motifs is 1. The van der Waals surface area contributed by atoms with Gasteiger partial charge in [-0.1, -0.05) is 71.0 Å². The van der Waals surface area contributed by atoms with Crippen LogP contribution >= 0.6 is 0 Å². The van der Waals surface area contributed by atoms with Crippen LogP contribution in [0.15, 0.2) is 48.5 Å². The molecule has 158 valence electrons. The van der Waals surface area contributed by atoms with Gasteiger partial charge in [0.1, 0.15) is 12.6 Å². The van der Waals surface area contributed by atoms with Crippen molar-refractivity contribution >= 4 is 17.8 Å². The fourth-order valence-electron chi connectivity index (χ4n) is 3.60. The van der Waals surface area contributed by atoms with E-state index in [1.807, 2.05) is 38.1 Å². The van der Waals surface area contributed by atoms with Gasteiger partial charge in [0.2, 0.25) is 0 Å². The Kier molecular flexibility index (Phi) is 6.11. The number of hydrogen-bond donors (Lipinski definition) is 0. The topological polar surface area (TPSA) is 63.7 Å². The lowest BCUT2D eigenvalue weighted by molar-refractivity contribution is -0.150. The second kappa shape index (κ2) is 8.42. The highest BCUT2D eigenvalue weighted by Crippen LogP contribution is 2.28. The smallest absolute Gasteiger partial charge is 0.329 e. The number of esters is 1. The van der Waals surface area contributed by atoms with E-state index < -0.39 is 23.8 Å². The second-order valence-electron chi connectivity index (χ2n) is 9.23. The van der Waals surface area contributed by atoms with Crippen LogP contribution in [0.3, 0.4) is 0 Å². The van der Waals surface area contributed by atoms with Gasteiger partial charge in [0.05, 0.1) is 11.1 Å². The summed E-state index contributed by atoms with van der Waals surface area (Å²) in [5.74, 6) is -1.32. The van der Waals surface area contributed by atoms with Gasteiger partial charge in [-0.3, -0.25) is 14.5 Å². The number of amides is 2. The average Bonchev–Trinajstić information content (AvgIpc) is 2.94. The highest BCUT2D eigenvalue weighted by Gasteiger charge is 2.43. The third kappa shape index (κ3) is 4.45. The molecule has 0 spiro atoms. The van der Waals surface area contributed by atoms with Crippen LogP contribution in [-0.4, -0.2) is 28.7 Å². The van der Waals surface area contributed by atoms with E-state index in [0.717, 1.165) is 10.5 Å². The van der Waals surface area contributed by atoms with Crippen molar-refractivity contribution in [3.05, 3.63) is 70.8 Å². The molecule has 3 rings (SSSR count). The third-order valence-electron chi connectivity index (χ3n) is 5.30. The molecule has 5 nitrogen and oxygen atoms in total. The Labute approximate surface area is 178 Å². The number of ether oxygens (including phenoxy) is 1. The number of benzene rings is 2. The van der Waals surface area contributed by atoms with Crippen molar-refractivity contribution in [1.29, 1.82) is 0 Å². The van der Waals surface area contributed by atoms with Crippen LogP contribution in [0.2, 0.25) is 0 Å². The normalized spacial score (nSPS) is 14.8. The maximum atomic E-state index is 12.9. The Morgan fingerprint density at radius 2 is 1.47 bits per heavy atom. The van der Waals surface area contributed by atoms with E-state index in [4.69, 9.17) is 4.74 Å². The summed E-state index contributed by atoms with van der Waals surface area (Å²) in [6, 6.07) is 13.6. The molecule has 2 aromatic rings. The number of rotatable bonds is 6. The van der Waals surface area contributed by atoms with E-state index in [0.29, 0.717) is 17.5 Å². The van der Waals surface area contributed by atoms with Gasteiger partial charge in [-0.2, -0.15) is 0 Å². The monoisotopic (exact) mass is 407 g/mol. The maximum Gasteiger partial charge on any atom is 0.329 e. The third-order valence-corrected chi connectivity index (χ3v) is 5.30. The average molecular weight is 408 g/mol. The quantitative estimate of drug-likeness (QED) is 0.513.